The van der Waals surface area contributed by atoms with Gasteiger partial charge in [-0.3, -0.25) is 4.79 Å². The van der Waals surface area contributed by atoms with Crippen LogP contribution in [0.3, 0.4) is 0 Å². The predicted octanol–water partition coefficient (Wildman–Crippen LogP) is -0.477. The Bertz CT molecular complexity index is 664. The van der Waals surface area contributed by atoms with Crippen molar-refractivity contribution >= 4 is 17.9 Å². The first-order chi connectivity index (χ1) is 13.1. The summed E-state index contributed by atoms with van der Waals surface area (Å²) < 4.78 is 5.12. The summed E-state index contributed by atoms with van der Waals surface area (Å²) in [6, 6.07) is -3.41. The highest BCUT2D eigenvalue weighted by Crippen LogP contribution is 2.19. The zero-order valence-corrected chi connectivity index (χ0v) is 16.1. The highest BCUT2D eigenvalue weighted by Gasteiger charge is 2.28. The van der Waals surface area contributed by atoms with Gasteiger partial charge in [-0.05, 0) is 25.3 Å². The van der Waals surface area contributed by atoms with E-state index in [1.165, 1.54) is 0 Å². The number of aromatic nitrogens is 2. The van der Waals surface area contributed by atoms with Gasteiger partial charge in [0.15, 0.2) is 5.82 Å². The van der Waals surface area contributed by atoms with Crippen molar-refractivity contribution in [1.29, 1.82) is 0 Å². The van der Waals surface area contributed by atoms with Crippen LogP contribution in [0, 0.1) is 5.92 Å². The number of carbonyl (C=O) groups excluding carboxylic acids is 2. The second-order valence-electron chi connectivity index (χ2n) is 6.78. The maximum absolute atomic E-state index is 12.2. The van der Waals surface area contributed by atoms with Crippen LogP contribution in [-0.4, -0.2) is 45.7 Å². The molecule has 158 valence electrons. The largest absolute Gasteiger partial charge is 0.480 e. The Morgan fingerprint density at radius 1 is 1.21 bits per heavy atom. The first kappa shape index (κ1) is 23.3. The Morgan fingerprint density at radius 2 is 1.89 bits per heavy atom. The van der Waals surface area contributed by atoms with Crippen molar-refractivity contribution in [2.75, 3.05) is 6.54 Å². The number of carboxylic acid groups (broad SMARTS) is 1. The van der Waals surface area contributed by atoms with Crippen LogP contribution in [0.1, 0.15) is 63.3 Å². The highest BCUT2D eigenvalue weighted by molar-refractivity contribution is 5.83. The lowest BCUT2D eigenvalue weighted by Gasteiger charge is -2.20. The number of nitrogens with one attached hydrogen (secondary N) is 2. The van der Waals surface area contributed by atoms with E-state index in [2.05, 4.69) is 20.8 Å². The van der Waals surface area contributed by atoms with Gasteiger partial charge in [-0.1, -0.05) is 25.4 Å². The average molecular weight is 399 g/mol. The number of urea groups is 1. The van der Waals surface area contributed by atoms with E-state index in [0.29, 0.717) is 13.0 Å². The molecule has 1 unspecified atom stereocenters. The molecule has 28 heavy (non-hydrogen) atoms. The number of rotatable bonds is 12. The van der Waals surface area contributed by atoms with Crippen molar-refractivity contribution in [1.82, 2.24) is 20.8 Å². The number of carbonyl (C=O) groups is 3. The smallest absolute Gasteiger partial charge is 0.326 e. The van der Waals surface area contributed by atoms with Crippen molar-refractivity contribution in [2.45, 2.75) is 57.7 Å². The average Bonchev–Trinajstić information content (AvgIpc) is 3.08. The molecule has 12 heteroatoms. The van der Waals surface area contributed by atoms with Crippen LogP contribution in [0.4, 0.5) is 4.79 Å². The molecule has 3 atom stereocenters. The van der Waals surface area contributed by atoms with E-state index in [1.807, 2.05) is 0 Å². The van der Waals surface area contributed by atoms with E-state index in [-0.39, 0.29) is 24.1 Å². The van der Waals surface area contributed by atoms with Crippen LogP contribution in [0.15, 0.2) is 4.52 Å². The molecule has 0 aliphatic heterocycles. The van der Waals surface area contributed by atoms with E-state index >= 15 is 0 Å². The van der Waals surface area contributed by atoms with Crippen LogP contribution < -0.4 is 27.8 Å². The Morgan fingerprint density at radius 3 is 2.43 bits per heavy atom. The maximum Gasteiger partial charge on any atom is 0.326 e. The third kappa shape index (κ3) is 7.48. The normalized spacial score (nSPS) is 14.3. The summed E-state index contributed by atoms with van der Waals surface area (Å²) in [5.74, 6) is -2.06. The number of nitrogens with zero attached hydrogens (tertiary/aromatic N) is 2. The zero-order chi connectivity index (χ0) is 21.3. The Labute approximate surface area is 162 Å². The summed E-state index contributed by atoms with van der Waals surface area (Å²) in [4.78, 5) is 38.9. The first-order valence-corrected chi connectivity index (χ1v) is 9.03. The number of hydrogen-bond donors (Lipinski definition) is 6. The van der Waals surface area contributed by atoms with Crippen molar-refractivity contribution in [3.63, 3.8) is 0 Å². The quantitative estimate of drug-likeness (QED) is 0.250. The lowest BCUT2D eigenvalue weighted by atomic mass is 10.1. The molecule has 0 spiro atoms. The molecule has 0 aliphatic carbocycles. The van der Waals surface area contributed by atoms with Gasteiger partial charge < -0.3 is 37.5 Å². The molecular weight excluding hydrogens is 370 g/mol. The second-order valence-corrected chi connectivity index (χ2v) is 6.78. The molecule has 0 radical (unpaired) electrons. The summed E-state index contributed by atoms with van der Waals surface area (Å²) >= 11 is 0. The third-order valence-electron chi connectivity index (χ3n) is 3.99. The number of nitrogens with two attached hydrogens (primary N) is 3. The minimum absolute atomic E-state index is 0.0466. The molecule has 1 rings (SSSR count). The van der Waals surface area contributed by atoms with Gasteiger partial charge in [0, 0.05) is 0 Å². The zero-order valence-electron chi connectivity index (χ0n) is 16.1. The van der Waals surface area contributed by atoms with Crippen LogP contribution >= 0.6 is 0 Å². The molecule has 0 fully saturated rings. The second kappa shape index (κ2) is 11.2. The summed E-state index contributed by atoms with van der Waals surface area (Å²) in [7, 11) is 0. The van der Waals surface area contributed by atoms with Crippen molar-refractivity contribution in [3.05, 3.63) is 11.7 Å². The molecule has 0 saturated heterocycles. The van der Waals surface area contributed by atoms with Crippen LogP contribution in [0.25, 0.3) is 0 Å². The molecule has 3 amide bonds. The van der Waals surface area contributed by atoms with Crippen molar-refractivity contribution in [2.24, 2.45) is 23.1 Å². The summed E-state index contributed by atoms with van der Waals surface area (Å²) in [5.41, 5.74) is 16.7. The molecule has 0 aliphatic rings. The van der Waals surface area contributed by atoms with Crippen LogP contribution in [0.5, 0.6) is 0 Å². The number of aliphatic carboxylic acids is 1. The summed E-state index contributed by atoms with van der Waals surface area (Å²) in [6.45, 7) is 3.85. The first-order valence-electron chi connectivity index (χ1n) is 9.03. The SMILES string of the molecule is CC(C)C(NC(=O)N[C@H](CC(N)=O)c1nc([C@@H](N)CCCCN)no1)C(=O)O. The van der Waals surface area contributed by atoms with Gasteiger partial charge in [0.25, 0.3) is 0 Å². The van der Waals surface area contributed by atoms with Gasteiger partial charge in [0.1, 0.15) is 12.1 Å². The Hall–Kier alpha value is -2.73. The van der Waals surface area contributed by atoms with Gasteiger partial charge in [-0.15, -0.1) is 0 Å². The Kier molecular flexibility index (Phi) is 9.32. The van der Waals surface area contributed by atoms with E-state index in [9.17, 15) is 14.4 Å². The predicted molar refractivity (Wildman–Crippen MR) is 98.6 cm³/mol. The van der Waals surface area contributed by atoms with Crippen molar-refractivity contribution in [3.8, 4) is 0 Å². The molecule has 0 aromatic carbocycles. The number of hydrogen-bond acceptors (Lipinski definition) is 8. The molecular formula is C16H29N7O5. The lowest BCUT2D eigenvalue weighted by Crippen LogP contribution is -2.49. The van der Waals surface area contributed by atoms with Gasteiger partial charge in [-0.25, -0.2) is 9.59 Å². The number of unbranched alkanes of at least 4 members (excludes halogenated alkanes) is 1. The van der Waals surface area contributed by atoms with E-state index in [0.717, 1.165) is 12.8 Å². The van der Waals surface area contributed by atoms with Crippen molar-refractivity contribution < 1.29 is 24.0 Å². The van der Waals surface area contributed by atoms with Crippen LogP contribution in [0.2, 0.25) is 0 Å². The molecule has 9 N–H and O–H groups in total. The minimum Gasteiger partial charge on any atom is -0.480 e. The fraction of sp³-hybridized carbons (Fsp3) is 0.688. The van der Waals surface area contributed by atoms with Gasteiger partial charge >= 0.3 is 12.0 Å². The Balaban J connectivity index is 2.84. The fourth-order valence-electron chi connectivity index (χ4n) is 2.43. The standard InChI is InChI=1S/C16H29N7O5/c1-8(2)12(15(25)26)21-16(27)20-10(7-11(19)24)14-22-13(23-28-14)9(18)5-3-4-6-17/h8-10,12H,3-7,17-18H2,1-2H3,(H2,19,24)(H,25,26)(H2,20,21,27)/t9-,10+,12?/m0/s1. The molecule has 1 aromatic heterocycles. The summed E-state index contributed by atoms with van der Waals surface area (Å²) in [6.07, 6.45) is 1.89. The molecule has 0 bridgehead atoms. The lowest BCUT2D eigenvalue weighted by molar-refractivity contribution is -0.140. The van der Waals surface area contributed by atoms with E-state index < -0.39 is 36.0 Å². The summed E-state index contributed by atoms with van der Waals surface area (Å²) in [5, 5.41) is 17.7. The van der Waals surface area contributed by atoms with Gasteiger partial charge in [0.05, 0.1) is 12.5 Å². The van der Waals surface area contributed by atoms with Gasteiger partial charge in [0.2, 0.25) is 11.8 Å². The molecule has 1 aromatic rings. The number of carboxylic acids is 1. The van der Waals surface area contributed by atoms with Gasteiger partial charge in [-0.2, -0.15) is 4.98 Å². The monoisotopic (exact) mass is 399 g/mol. The molecule has 1 heterocycles. The van der Waals surface area contributed by atoms with E-state index in [4.69, 9.17) is 26.8 Å². The fourth-order valence-corrected chi connectivity index (χ4v) is 2.43. The maximum atomic E-state index is 12.2. The highest BCUT2D eigenvalue weighted by atomic mass is 16.5. The number of amides is 3. The number of primary amides is 1. The third-order valence-corrected chi connectivity index (χ3v) is 3.99. The molecule has 0 saturated carbocycles. The van der Waals surface area contributed by atoms with E-state index in [1.54, 1.807) is 13.8 Å². The topological polar surface area (TPSA) is 212 Å². The van der Waals surface area contributed by atoms with Crippen LogP contribution in [-0.2, 0) is 9.59 Å². The minimum atomic E-state index is -1.18. The molecule has 12 nitrogen and oxygen atoms in total.